The van der Waals surface area contributed by atoms with E-state index in [0.717, 1.165) is 31.4 Å². The first kappa shape index (κ1) is 26.2. The van der Waals surface area contributed by atoms with Gasteiger partial charge in [-0.1, -0.05) is 37.8 Å². The molecule has 3 N–H and O–H groups in total. The second-order valence-electron chi connectivity index (χ2n) is 10.1. The van der Waals surface area contributed by atoms with Gasteiger partial charge in [-0.2, -0.15) is 0 Å². The number of halogens is 2. The second-order valence-corrected chi connectivity index (χ2v) is 10.5. The number of benzene rings is 1. The fraction of sp³-hybridized carbons (Fsp3) is 0.519. The molecule has 3 aromatic rings. The molecule has 2 atom stereocenters. The van der Waals surface area contributed by atoms with Crippen molar-refractivity contribution in [3.63, 3.8) is 0 Å². The van der Waals surface area contributed by atoms with Gasteiger partial charge in [-0.15, -0.1) is 0 Å². The number of hydrogen-bond donors (Lipinski definition) is 2. The van der Waals surface area contributed by atoms with E-state index in [9.17, 15) is 4.79 Å². The minimum atomic E-state index is -0.783. The van der Waals surface area contributed by atoms with Crippen LogP contribution in [-0.4, -0.2) is 32.4 Å². The van der Waals surface area contributed by atoms with Crippen molar-refractivity contribution in [3.05, 3.63) is 51.9 Å². The van der Waals surface area contributed by atoms with E-state index in [-0.39, 0.29) is 34.4 Å². The van der Waals surface area contributed by atoms with E-state index in [1.807, 2.05) is 39.0 Å². The largest absolute Gasteiger partial charge is 0.490 e. The summed E-state index contributed by atoms with van der Waals surface area (Å²) in [6.07, 6.45) is 8.73. The Hall–Kier alpha value is -2.87. The van der Waals surface area contributed by atoms with Crippen LogP contribution in [0.5, 0.6) is 5.75 Å². The number of hydrogen-bond acceptors (Lipinski definition) is 5. The number of anilines is 1. The number of carbonyl (C=O) groups excluding carboxylic acids is 1. The lowest BCUT2D eigenvalue weighted by Crippen LogP contribution is -2.39. The Bertz CT molecular complexity index is 1270. The summed E-state index contributed by atoms with van der Waals surface area (Å²) in [5.41, 5.74) is 7.94. The van der Waals surface area contributed by atoms with Gasteiger partial charge >= 0.3 is 0 Å². The number of ether oxygens (including phenoxy) is 1. The Balaban J connectivity index is 1.80. The van der Waals surface area contributed by atoms with Crippen LogP contribution in [0.15, 0.2) is 18.5 Å². The van der Waals surface area contributed by atoms with Crippen LogP contribution in [0.4, 0.5) is 10.2 Å². The molecular weight excluding hydrogens is 481 g/mol. The third kappa shape index (κ3) is 5.01. The standard InChI is InChI=1S/C27H35ClFN5O2/c1-14(2)36-24-19(15(3)26-32-17(5)23-25(30)31-11-12-34(23)26)13-20(28)22(29)21(24)27(35)33-16(4)18-9-7-6-8-10-18/h11-16,18H,6-10H2,1-5H3,(H2,30,31)(H,33,35). The minimum absolute atomic E-state index is 0.0849. The molecule has 0 radical (unpaired) electrons. The van der Waals surface area contributed by atoms with Gasteiger partial charge in [0.05, 0.1) is 16.8 Å². The van der Waals surface area contributed by atoms with E-state index in [4.69, 9.17) is 27.1 Å². The van der Waals surface area contributed by atoms with Crippen molar-refractivity contribution in [2.24, 2.45) is 5.92 Å². The minimum Gasteiger partial charge on any atom is -0.490 e. The van der Waals surface area contributed by atoms with E-state index in [1.54, 1.807) is 12.4 Å². The topological polar surface area (TPSA) is 94.5 Å². The predicted octanol–water partition coefficient (Wildman–Crippen LogP) is 6.05. The molecular formula is C27H35ClFN5O2. The summed E-state index contributed by atoms with van der Waals surface area (Å²) in [5.74, 6) is -0.102. The van der Waals surface area contributed by atoms with Crippen molar-refractivity contribution in [2.45, 2.75) is 84.8 Å². The number of nitrogen functional groups attached to an aromatic ring is 1. The van der Waals surface area contributed by atoms with Crippen molar-refractivity contribution in [1.29, 1.82) is 0 Å². The van der Waals surface area contributed by atoms with E-state index >= 15 is 4.39 Å². The van der Waals surface area contributed by atoms with Crippen LogP contribution in [0.2, 0.25) is 5.02 Å². The molecule has 194 valence electrons. The van der Waals surface area contributed by atoms with E-state index < -0.39 is 11.7 Å². The maximum Gasteiger partial charge on any atom is 0.258 e. The van der Waals surface area contributed by atoms with Gasteiger partial charge in [0.1, 0.15) is 28.5 Å². The van der Waals surface area contributed by atoms with Crippen LogP contribution in [0.3, 0.4) is 0 Å². The summed E-state index contributed by atoms with van der Waals surface area (Å²) in [6, 6.07) is 1.44. The van der Waals surface area contributed by atoms with E-state index in [1.165, 1.54) is 12.5 Å². The molecule has 1 fully saturated rings. The first-order valence-corrected chi connectivity index (χ1v) is 13.1. The molecule has 36 heavy (non-hydrogen) atoms. The molecule has 9 heteroatoms. The summed E-state index contributed by atoms with van der Waals surface area (Å²) >= 11 is 6.37. The maximum atomic E-state index is 15.5. The summed E-state index contributed by atoms with van der Waals surface area (Å²) in [6.45, 7) is 9.45. The molecule has 0 aliphatic heterocycles. The molecule has 0 bridgehead atoms. The number of rotatable bonds is 7. The highest BCUT2D eigenvalue weighted by molar-refractivity contribution is 6.31. The molecule has 1 saturated carbocycles. The van der Waals surface area contributed by atoms with Gasteiger partial charge in [0.2, 0.25) is 0 Å². The Labute approximate surface area is 216 Å². The summed E-state index contributed by atoms with van der Waals surface area (Å²) in [7, 11) is 0. The highest BCUT2D eigenvalue weighted by Crippen LogP contribution is 2.40. The van der Waals surface area contributed by atoms with Crippen LogP contribution < -0.4 is 15.8 Å². The number of nitrogens with one attached hydrogen (secondary N) is 1. The Morgan fingerprint density at radius 3 is 2.61 bits per heavy atom. The lowest BCUT2D eigenvalue weighted by Gasteiger charge is -2.29. The van der Waals surface area contributed by atoms with Crippen molar-refractivity contribution in [3.8, 4) is 5.75 Å². The van der Waals surface area contributed by atoms with Crippen LogP contribution in [0.25, 0.3) is 5.52 Å². The zero-order valence-electron chi connectivity index (χ0n) is 21.6. The van der Waals surface area contributed by atoms with Crippen LogP contribution >= 0.6 is 11.6 Å². The maximum absolute atomic E-state index is 15.5. The lowest BCUT2D eigenvalue weighted by atomic mass is 9.84. The highest BCUT2D eigenvalue weighted by atomic mass is 35.5. The molecule has 2 heterocycles. The van der Waals surface area contributed by atoms with Gasteiger partial charge in [-0.05, 0) is 52.5 Å². The van der Waals surface area contributed by atoms with Crippen molar-refractivity contribution >= 4 is 28.8 Å². The number of amides is 1. The Morgan fingerprint density at radius 2 is 1.94 bits per heavy atom. The van der Waals surface area contributed by atoms with E-state index in [2.05, 4.69) is 10.3 Å². The summed E-state index contributed by atoms with van der Waals surface area (Å²) < 4.78 is 23.5. The normalized spacial score (nSPS) is 16.3. The number of aromatic nitrogens is 3. The zero-order valence-corrected chi connectivity index (χ0v) is 22.3. The molecule has 1 aromatic carbocycles. The molecule has 0 saturated heterocycles. The Kier molecular flexibility index (Phi) is 7.73. The second kappa shape index (κ2) is 10.6. The van der Waals surface area contributed by atoms with Crippen LogP contribution in [0.1, 0.15) is 93.2 Å². The number of nitrogens with two attached hydrogens (primary N) is 1. The molecule has 7 nitrogen and oxygen atoms in total. The molecule has 1 amide bonds. The van der Waals surface area contributed by atoms with Crippen molar-refractivity contribution in [2.75, 3.05) is 5.73 Å². The van der Waals surface area contributed by atoms with Crippen LogP contribution in [0, 0.1) is 18.7 Å². The number of fused-ring (bicyclic) bond motifs is 1. The first-order valence-electron chi connectivity index (χ1n) is 12.7. The smallest absolute Gasteiger partial charge is 0.258 e. The molecule has 2 unspecified atom stereocenters. The average molecular weight is 516 g/mol. The van der Waals surface area contributed by atoms with Gasteiger partial charge in [-0.25, -0.2) is 14.4 Å². The van der Waals surface area contributed by atoms with Crippen molar-refractivity contribution in [1.82, 2.24) is 19.7 Å². The monoisotopic (exact) mass is 515 g/mol. The zero-order chi connectivity index (χ0) is 26.1. The SMILES string of the molecule is Cc1nc(C(C)c2cc(Cl)c(F)c(C(=O)NC(C)C3CCCCC3)c2OC(C)C)n2ccnc(N)c12. The fourth-order valence-electron chi connectivity index (χ4n) is 5.26. The van der Waals surface area contributed by atoms with Gasteiger partial charge < -0.3 is 15.8 Å². The molecule has 0 spiro atoms. The van der Waals surface area contributed by atoms with E-state index in [0.29, 0.717) is 28.6 Å². The average Bonchev–Trinajstić information content (AvgIpc) is 3.18. The van der Waals surface area contributed by atoms with Gasteiger partial charge in [-0.3, -0.25) is 9.20 Å². The van der Waals surface area contributed by atoms with Gasteiger partial charge in [0, 0.05) is 29.9 Å². The van der Waals surface area contributed by atoms with Gasteiger partial charge in [0.25, 0.3) is 5.91 Å². The number of carbonyl (C=O) groups is 1. The number of aryl methyl sites for hydroxylation is 1. The summed E-state index contributed by atoms with van der Waals surface area (Å²) in [5, 5.41) is 2.89. The highest BCUT2D eigenvalue weighted by Gasteiger charge is 2.31. The fourth-order valence-corrected chi connectivity index (χ4v) is 5.47. The first-order chi connectivity index (χ1) is 17.1. The number of imidazole rings is 1. The molecule has 1 aliphatic rings. The van der Waals surface area contributed by atoms with Crippen LogP contribution in [-0.2, 0) is 0 Å². The quantitative estimate of drug-likeness (QED) is 0.399. The predicted molar refractivity (Wildman–Crippen MR) is 140 cm³/mol. The Morgan fingerprint density at radius 1 is 1.25 bits per heavy atom. The molecule has 2 aromatic heterocycles. The lowest BCUT2D eigenvalue weighted by molar-refractivity contribution is 0.0908. The summed E-state index contributed by atoms with van der Waals surface area (Å²) in [4.78, 5) is 22.4. The van der Waals surface area contributed by atoms with Gasteiger partial charge in [0.15, 0.2) is 5.82 Å². The number of nitrogens with zero attached hydrogens (tertiary/aromatic N) is 3. The van der Waals surface area contributed by atoms with Crippen molar-refractivity contribution < 1.29 is 13.9 Å². The molecule has 1 aliphatic carbocycles. The third-order valence-electron chi connectivity index (χ3n) is 7.14. The molecule has 4 rings (SSSR count). The third-order valence-corrected chi connectivity index (χ3v) is 7.41.